The summed E-state index contributed by atoms with van der Waals surface area (Å²) >= 11 is 0. The van der Waals surface area contributed by atoms with Gasteiger partial charge < -0.3 is 14.8 Å². The Morgan fingerprint density at radius 2 is 2.21 bits per heavy atom. The summed E-state index contributed by atoms with van der Waals surface area (Å²) in [5.41, 5.74) is 0.521. The van der Waals surface area contributed by atoms with E-state index < -0.39 is 4.92 Å². The highest BCUT2D eigenvalue weighted by atomic mass is 16.6. The highest BCUT2D eigenvalue weighted by molar-refractivity contribution is 5.64. The van der Waals surface area contributed by atoms with Gasteiger partial charge in [0, 0.05) is 19.8 Å². The van der Waals surface area contributed by atoms with Crippen LogP contribution in [0, 0.1) is 10.1 Å². The smallest absolute Gasteiger partial charge is 0.296 e. The van der Waals surface area contributed by atoms with Crippen molar-refractivity contribution in [2.24, 2.45) is 0 Å². The molecule has 0 bridgehead atoms. The first-order chi connectivity index (χ1) is 9.08. The van der Waals surface area contributed by atoms with Crippen LogP contribution in [-0.2, 0) is 4.74 Å². The van der Waals surface area contributed by atoms with E-state index in [4.69, 9.17) is 9.47 Å². The quantitative estimate of drug-likeness (QED) is 0.579. The first kappa shape index (κ1) is 15.2. The fourth-order valence-corrected chi connectivity index (χ4v) is 1.67. The van der Waals surface area contributed by atoms with Crippen molar-refractivity contribution < 1.29 is 14.4 Å². The average Bonchev–Trinajstić information content (AvgIpc) is 2.38. The highest BCUT2D eigenvalue weighted by Crippen LogP contribution is 2.29. The number of anilines is 1. The molecule has 6 nitrogen and oxygen atoms in total. The molecule has 0 spiro atoms. The number of methoxy groups -OCH3 is 1. The summed E-state index contributed by atoms with van der Waals surface area (Å²) in [6.07, 6.45) is 0.779. The third kappa shape index (κ3) is 4.75. The van der Waals surface area contributed by atoms with Crippen LogP contribution in [0.3, 0.4) is 0 Å². The molecule has 0 aliphatic rings. The van der Waals surface area contributed by atoms with Crippen LogP contribution < -0.4 is 10.1 Å². The molecule has 19 heavy (non-hydrogen) atoms. The Labute approximate surface area is 112 Å². The second kappa shape index (κ2) is 7.58. The molecule has 0 amide bonds. The van der Waals surface area contributed by atoms with Crippen LogP contribution in [0.2, 0.25) is 0 Å². The van der Waals surface area contributed by atoms with Gasteiger partial charge in [0.25, 0.3) is 5.69 Å². The first-order valence-electron chi connectivity index (χ1n) is 6.25. The number of benzene rings is 1. The molecule has 1 unspecified atom stereocenters. The zero-order valence-electron chi connectivity index (χ0n) is 11.5. The number of nitro groups is 1. The second-order valence-corrected chi connectivity index (χ2v) is 4.20. The molecule has 1 atom stereocenters. The van der Waals surface area contributed by atoms with Crippen molar-refractivity contribution in [3.63, 3.8) is 0 Å². The van der Waals surface area contributed by atoms with Gasteiger partial charge in [-0.2, -0.15) is 0 Å². The standard InChI is InChI=1S/C13H20N2O4/c1-4-19-11-5-6-12(13(9-11)15(16)17)14-10(2)7-8-18-3/h5-6,9-10,14H,4,7-8H2,1-3H3. The van der Waals surface area contributed by atoms with Crippen molar-refractivity contribution in [2.45, 2.75) is 26.3 Å². The minimum atomic E-state index is -0.409. The van der Waals surface area contributed by atoms with Crippen molar-refractivity contribution in [1.29, 1.82) is 0 Å². The van der Waals surface area contributed by atoms with Crippen molar-refractivity contribution in [1.82, 2.24) is 0 Å². The summed E-state index contributed by atoms with van der Waals surface area (Å²) in [6, 6.07) is 4.93. The van der Waals surface area contributed by atoms with Crippen molar-refractivity contribution in [3.05, 3.63) is 28.3 Å². The van der Waals surface area contributed by atoms with Crippen LogP contribution in [-0.4, -0.2) is 31.3 Å². The van der Waals surface area contributed by atoms with Gasteiger partial charge in [0.15, 0.2) is 0 Å². The Morgan fingerprint density at radius 1 is 1.47 bits per heavy atom. The minimum Gasteiger partial charge on any atom is -0.494 e. The topological polar surface area (TPSA) is 73.6 Å². The number of ether oxygens (including phenoxy) is 2. The zero-order valence-corrected chi connectivity index (χ0v) is 11.5. The molecule has 1 aromatic rings. The summed E-state index contributed by atoms with van der Waals surface area (Å²) in [6.45, 7) is 4.89. The summed E-state index contributed by atoms with van der Waals surface area (Å²) < 4.78 is 10.3. The number of rotatable bonds is 8. The molecule has 0 radical (unpaired) electrons. The van der Waals surface area contributed by atoms with E-state index in [1.807, 2.05) is 13.8 Å². The van der Waals surface area contributed by atoms with Crippen LogP contribution in [0.25, 0.3) is 0 Å². The maximum atomic E-state index is 11.1. The first-order valence-corrected chi connectivity index (χ1v) is 6.25. The summed E-state index contributed by atoms with van der Waals surface area (Å²) in [7, 11) is 1.63. The van der Waals surface area contributed by atoms with E-state index in [0.29, 0.717) is 24.7 Å². The van der Waals surface area contributed by atoms with Crippen molar-refractivity contribution >= 4 is 11.4 Å². The van der Waals surface area contributed by atoms with E-state index >= 15 is 0 Å². The number of nitrogens with one attached hydrogen (secondary N) is 1. The molecule has 0 aliphatic heterocycles. The SMILES string of the molecule is CCOc1ccc(NC(C)CCOC)c([N+](=O)[O-])c1. The monoisotopic (exact) mass is 268 g/mol. The van der Waals surface area contributed by atoms with Crippen molar-refractivity contribution in [2.75, 3.05) is 25.6 Å². The number of nitrogens with zero attached hydrogens (tertiary/aromatic N) is 1. The predicted octanol–water partition coefficient (Wildman–Crippen LogP) is 2.83. The van der Waals surface area contributed by atoms with E-state index in [0.717, 1.165) is 6.42 Å². The van der Waals surface area contributed by atoms with Gasteiger partial charge in [-0.15, -0.1) is 0 Å². The molecule has 1 aromatic carbocycles. The van der Waals surface area contributed by atoms with Crippen LogP contribution >= 0.6 is 0 Å². The van der Waals surface area contributed by atoms with E-state index in [-0.39, 0.29) is 11.7 Å². The van der Waals surface area contributed by atoms with Gasteiger partial charge in [0.05, 0.1) is 17.6 Å². The van der Waals surface area contributed by atoms with Crippen LogP contribution in [0.1, 0.15) is 20.3 Å². The predicted molar refractivity (Wildman–Crippen MR) is 73.8 cm³/mol. The normalized spacial score (nSPS) is 11.9. The molecule has 0 fully saturated rings. The number of hydrogen-bond donors (Lipinski definition) is 1. The fraction of sp³-hybridized carbons (Fsp3) is 0.538. The Morgan fingerprint density at radius 3 is 2.79 bits per heavy atom. The fourth-order valence-electron chi connectivity index (χ4n) is 1.67. The van der Waals surface area contributed by atoms with E-state index in [2.05, 4.69) is 5.32 Å². The Hall–Kier alpha value is -1.82. The summed E-state index contributed by atoms with van der Waals surface area (Å²) in [4.78, 5) is 10.7. The van der Waals surface area contributed by atoms with Gasteiger partial charge in [-0.3, -0.25) is 10.1 Å². The molecule has 106 valence electrons. The van der Waals surface area contributed by atoms with Gasteiger partial charge in [-0.05, 0) is 32.4 Å². The van der Waals surface area contributed by atoms with Crippen LogP contribution in [0.4, 0.5) is 11.4 Å². The largest absolute Gasteiger partial charge is 0.494 e. The lowest BCUT2D eigenvalue weighted by molar-refractivity contribution is -0.384. The van der Waals surface area contributed by atoms with Gasteiger partial charge in [-0.1, -0.05) is 0 Å². The van der Waals surface area contributed by atoms with Crippen LogP contribution in [0.15, 0.2) is 18.2 Å². The molecule has 6 heteroatoms. The van der Waals surface area contributed by atoms with Gasteiger partial charge in [-0.25, -0.2) is 0 Å². The molecule has 1 rings (SSSR count). The highest BCUT2D eigenvalue weighted by Gasteiger charge is 2.16. The molecule has 0 saturated heterocycles. The summed E-state index contributed by atoms with van der Waals surface area (Å²) in [5.74, 6) is 0.504. The van der Waals surface area contributed by atoms with Gasteiger partial charge in [0.2, 0.25) is 0 Å². The Bertz CT molecular complexity index is 423. The third-order valence-corrected chi connectivity index (χ3v) is 2.63. The molecule has 1 N–H and O–H groups in total. The minimum absolute atomic E-state index is 0.0233. The Kier molecular flexibility index (Phi) is 6.08. The number of hydrogen-bond acceptors (Lipinski definition) is 5. The van der Waals surface area contributed by atoms with Crippen LogP contribution in [0.5, 0.6) is 5.75 Å². The lowest BCUT2D eigenvalue weighted by Crippen LogP contribution is -2.18. The molecule has 0 saturated carbocycles. The Balaban J connectivity index is 2.84. The van der Waals surface area contributed by atoms with E-state index in [1.165, 1.54) is 6.07 Å². The van der Waals surface area contributed by atoms with Gasteiger partial charge in [0.1, 0.15) is 11.4 Å². The number of nitro benzene ring substituents is 1. The molecule has 0 aliphatic carbocycles. The van der Waals surface area contributed by atoms with Gasteiger partial charge >= 0.3 is 0 Å². The molecular formula is C13H20N2O4. The zero-order chi connectivity index (χ0) is 14.3. The summed E-state index contributed by atoms with van der Waals surface area (Å²) in [5, 5.41) is 14.2. The molecule has 0 heterocycles. The lowest BCUT2D eigenvalue weighted by Gasteiger charge is -2.15. The van der Waals surface area contributed by atoms with E-state index in [9.17, 15) is 10.1 Å². The molecule has 0 aromatic heterocycles. The molecular weight excluding hydrogens is 248 g/mol. The third-order valence-electron chi connectivity index (χ3n) is 2.63. The maximum Gasteiger partial charge on any atom is 0.296 e. The lowest BCUT2D eigenvalue weighted by atomic mass is 10.2. The van der Waals surface area contributed by atoms with E-state index in [1.54, 1.807) is 19.2 Å². The maximum absolute atomic E-state index is 11.1. The average molecular weight is 268 g/mol. The van der Waals surface area contributed by atoms with Crippen molar-refractivity contribution in [3.8, 4) is 5.75 Å². The second-order valence-electron chi connectivity index (χ2n) is 4.20.